The van der Waals surface area contributed by atoms with Gasteiger partial charge in [-0.1, -0.05) is 30.3 Å². The molecule has 4 aromatic heterocycles. The zero-order valence-electron chi connectivity index (χ0n) is 21.6. The number of nitrogens with zero attached hydrogens (tertiary/aromatic N) is 7. The van der Waals surface area contributed by atoms with Crippen LogP contribution in [-0.2, 0) is 11.8 Å². The minimum atomic E-state index is 0.176. The smallest absolute Gasteiger partial charge is 0.199 e. The van der Waals surface area contributed by atoms with E-state index in [0.717, 1.165) is 69.5 Å². The predicted octanol–water partition coefficient (Wildman–Crippen LogP) is 5.82. The molecule has 37 heavy (non-hydrogen) atoms. The summed E-state index contributed by atoms with van der Waals surface area (Å²) in [5.41, 5.74) is 3.22. The monoisotopic (exact) mass is 513 g/mol. The third-order valence-electron chi connectivity index (χ3n) is 7.00. The van der Waals surface area contributed by atoms with Crippen molar-refractivity contribution >= 4 is 27.4 Å². The Balaban J connectivity index is 1.65. The van der Waals surface area contributed by atoms with Gasteiger partial charge in [-0.15, -0.1) is 11.3 Å². The van der Waals surface area contributed by atoms with Crippen LogP contribution in [0.3, 0.4) is 0 Å². The first-order valence-electron chi connectivity index (χ1n) is 12.7. The molecule has 0 unspecified atom stereocenters. The Morgan fingerprint density at radius 3 is 2.62 bits per heavy atom. The van der Waals surface area contributed by atoms with Crippen LogP contribution in [0.15, 0.2) is 55.0 Å². The number of imidazole rings is 1. The number of piperidine rings is 1. The lowest BCUT2D eigenvalue weighted by atomic mass is 10.0. The third-order valence-corrected chi connectivity index (χ3v) is 8.10. The number of hydrogen-bond donors (Lipinski definition) is 0. The minimum absolute atomic E-state index is 0.176. The molecule has 1 aliphatic heterocycles. The number of anilines is 1. The summed E-state index contributed by atoms with van der Waals surface area (Å²) in [6.45, 7) is 6.01. The van der Waals surface area contributed by atoms with Crippen LogP contribution in [0.1, 0.15) is 32.7 Å². The van der Waals surface area contributed by atoms with E-state index in [-0.39, 0.29) is 12.1 Å². The average Bonchev–Trinajstić information content (AvgIpc) is 3.66. The normalized spacial score (nSPS) is 16.2. The van der Waals surface area contributed by atoms with Crippen molar-refractivity contribution in [1.82, 2.24) is 29.3 Å². The Labute approximate surface area is 220 Å². The van der Waals surface area contributed by atoms with Gasteiger partial charge in [-0.3, -0.25) is 4.68 Å². The van der Waals surface area contributed by atoms with Gasteiger partial charge in [-0.2, -0.15) is 5.10 Å². The summed E-state index contributed by atoms with van der Waals surface area (Å²) in [7, 11) is 3.78. The topological polar surface area (TPSA) is 73.9 Å². The van der Waals surface area contributed by atoms with Crippen molar-refractivity contribution in [3.05, 3.63) is 55.0 Å². The summed E-state index contributed by atoms with van der Waals surface area (Å²) in [6.07, 6.45) is 8.06. The molecule has 0 radical (unpaired) electrons. The van der Waals surface area contributed by atoms with Gasteiger partial charge in [-0.05, 0) is 38.3 Å². The molecule has 1 aliphatic rings. The summed E-state index contributed by atoms with van der Waals surface area (Å²) in [6, 6.07) is 12.9. The van der Waals surface area contributed by atoms with Gasteiger partial charge in [0, 0.05) is 57.4 Å². The van der Waals surface area contributed by atoms with Gasteiger partial charge in [0.05, 0.1) is 16.4 Å². The van der Waals surface area contributed by atoms with Crippen molar-refractivity contribution in [2.75, 3.05) is 25.1 Å². The summed E-state index contributed by atoms with van der Waals surface area (Å²) in [5, 5.41) is 6.01. The summed E-state index contributed by atoms with van der Waals surface area (Å²) >= 11 is 1.68. The van der Waals surface area contributed by atoms with E-state index in [4.69, 9.17) is 19.8 Å². The molecule has 8 nitrogen and oxygen atoms in total. The van der Waals surface area contributed by atoms with Gasteiger partial charge < -0.3 is 14.2 Å². The van der Waals surface area contributed by atoms with Crippen molar-refractivity contribution in [3.8, 4) is 33.3 Å². The maximum Gasteiger partial charge on any atom is 0.199 e. The maximum absolute atomic E-state index is 5.78. The number of benzene rings is 1. The fraction of sp³-hybridized carbons (Fsp3) is 0.357. The molecule has 0 amide bonds. The van der Waals surface area contributed by atoms with E-state index in [1.165, 1.54) is 0 Å². The maximum atomic E-state index is 5.78. The van der Waals surface area contributed by atoms with Crippen molar-refractivity contribution in [1.29, 1.82) is 0 Å². The fourth-order valence-electron chi connectivity index (χ4n) is 5.02. The molecule has 1 fully saturated rings. The number of hydrogen-bond acceptors (Lipinski definition) is 7. The molecular weight excluding hydrogens is 482 g/mol. The number of aryl methyl sites for hydroxylation is 1. The molecule has 0 N–H and O–H groups in total. The van der Waals surface area contributed by atoms with Crippen molar-refractivity contribution in [2.24, 2.45) is 7.05 Å². The van der Waals surface area contributed by atoms with E-state index in [1.54, 1.807) is 24.6 Å². The first kappa shape index (κ1) is 23.8. The highest BCUT2D eigenvalue weighted by Gasteiger charge is 2.29. The lowest BCUT2D eigenvalue weighted by molar-refractivity contribution is 0.0892. The lowest BCUT2D eigenvalue weighted by Crippen LogP contribution is -2.39. The number of methoxy groups -OCH3 is 1. The van der Waals surface area contributed by atoms with Crippen molar-refractivity contribution in [3.63, 3.8) is 0 Å². The highest BCUT2D eigenvalue weighted by atomic mass is 32.1. The zero-order valence-corrected chi connectivity index (χ0v) is 22.4. The number of rotatable bonds is 6. The Hall–Kier alpha value is -3.56. The molecule has 9 heteroatoms. The predicted molar refractivity (Wildman–Crippen MR) is 149 cm³/mol. The molecule has 0 bridgehead atoms. The number of aromatic nitrogens is 6. The Kier molecular flexibility index (Phi) is 6.26. The average molecular weight is 514 g/mol. The molecule has 0 saturated carbocycles. The van der Waals surface area contributed by atoms with E-state index in [0.29, 0.717) is 5.82 Å². The van der Waals surface area contributed by atoms with Gasteiger partial charge in [0.25, 0.3) is 0 Å². The standard InChI is InChI=1S/C28H31N7OS/c1-18(2)35-15-12-21(32-35)24-22(19-9-6-5-7-10-19)23-26(34-14-8-11-20(17-34)36-4)30-25(31-28(23)37-24)27-29-13-16-33(27)3/h5-7,9-10,12-13,15-16,18,20H,8,11,14,17H2,1-4H3/t20-/m1/s1. The van der Waals surface area contributed by atoms with Crippen LogP contribution in [-0.4, -0.2) is 55.6 Å². The SMILES string of the molecule is CO[C@@H]1CCCN(c2nc(-c3nccn3C)nc3sc(-c4ccn(C(C)C)n4)c(-c4ccccc4)c23)C1. The van der Waals surface area contributed by atoms with Crippen LogP contribution in [0, 0.1) is 0 Å². The molecule has 1 atom stereocenters. The molecule has 1 aromatic carbocycles. The molecule has 5 aromatic rings. The second kappa shape index (κ2) is 9.72. The first-order chi connectivity index (χ1) is 18.0. The van der Waals surface area contributed by atoms with E-state index < -0.39 is 0 Å². The quantitative estimate of drug-likeness (QED) is 0.285. The summed E-state index contributed by atoms with van der Waals surface area (Å²) < 4.78 is 9.76. The van der Waals surface area contributed by atoms with Gasteiger partial charge in [0.2, 0.25) is 0 Å². The zero-order chi connectivity index (χ0) is 25.5. The van der Waals surface area contributed by atoms with E-state index in [2.05, 4.69) is 66.3 Å². The van der Waals surface area contributed by atoms with Crippen LogP contribution < -0.4 is 4.90 Å². The van der Waals surface area contributed by atoms with E-state index in [9.17, 15) is 0 Å². The molecule has 5 heterocycles. The molecular formula is C28H31N7OS. The van der Waals surface area contributed by atoms with E-state index >= 15 is 0 Å². The van der Waals surface area contributed by atoms with Crippen LogP contribution in [0.4, 0.5) is 5.82 Å². The van der Waals surface area contributed by atoms with Crippen LogP contribution in [0.25, 0.3) is 43.6 Å². The van der Waals surface area contributed by atoms with E-state index in [1.807, 2.05) is 22.5 Å². The highest BCUT2D eigenvalue weighted by molar-refractivity contribution is 7.22. The van der Waals surface area contributed by atoms with Crippen molar-refractivity contribution in [2.45, 2.75) is 38.8 Å². The largest absolute Gasteiger partial charge is 0.380 e. The minimum Gasteiger partial charge on any atom is -0.380 e. The Morgan fingerprint density at radius 1 is 1.08 bits per heavy atom. The lowest BCUT2D eigenvalue weighted by Gasteiger charge is -2.33. The Morgan fingerprint density at radius 2 is 1.92 bits per heavy atom. The molecule has 0 aliphatic carbocycles. The molecule has 1 saturated heterocycles. The second-order valence-electron chi connectivity index (χ2n) is 9.81. The molecule has 190 valence electrons. The second-order valence-corrected chi connectivity index (χ2v) is 10.8. The molecule has 6 rings (SSSR count). The number of thiophene rings is 1. The highest BCUT2D eigenvalue weighted by Crippen LogP contribution is 2.47. The Bertz CT molecular complexity index is 1530. The summed E-state index contributed by atoms with van der Waals surface area (Å²) in [5.74, 6) is 2.33. The first-order valence-corrected chi connectivity index (χ1v) is 13.6. The number of fused-ring (bicyclic) bond motifs is 1. The molecule has 0 spiro atoms. The van der Waals surface area contributed by atoms with Crippen LogP contribution in [0.5, 0.6) is 0 Å². The van der Waals surface area contributed by atoms with Gasteiger partial charge in [0.1, 0.15) is 16.3 Å². The van der Waals surface area contributed by atoms with Gasteiger partial charge in [0.15, 0.2) is 11.6 Å². The van der Waals surface area contributed by atoms with Crippen LogP contribution >= 0.6 is 11.3 Å². The van der Waals surface area contributed by atoms with Crippen molar-refractivity contribution < 1.29 is 4.74 Å². The van der Waals surface area contributed by atoms with Crippen LogP contribution in [0.2, 0.25) is 0 Å². The van der Waals surface area contributed by atoms with Gasteiger partial charge in [-0.25, -0.2) is 15.0 Å². The van der Waals surface area contributed by atoms with Gasteiger partial charge >= 0.3 is 0 Å². The number of ether oxygens (including phenoxy) is 1. The summed E-state index contributed by atoms with van der Waals surface area (Å²) in [4.78, 5) is 19.2. The third kappa shape index (κ3) is 4.32. The fourth-order valence-corrected chi connectivity index (χ4v) is 6.18.